The highest BCUT2D eigenvalue weighted by atomic mass is 19.4. The second kappa shape index (κ2) is 6.00. The lowest BCUT2D eigenvalue weighted by Gasteiger charge is -2.10. The first-order valence-corrected chi connectivity index (χ1v) is 5.90. The molecule has 0 aliphatic heterocycles. The third kappa shape index (κ3) is 3.72. The van der Waals surface area contributed by atoms with E-state index in [-0.39, 0.29) is 11.1 Å². The summed E-state index contributed by atoms with van der Waals surface area (Å²) in [6, 6.07) is 6.16. The number of esters is 1. The van der Waals surface area contributed by atoms with E-state index in [1.54, 1.807) is 0 Å². The van der Waals surface area contributed by atoms with E-state index >= 15 is 0 Å². The van der Waals surface area contributed by atoms with Crippen molar-refractivity contribution in [3.63, 3.8) is 0 Å². The number of rotatable bonds is 3. The van der Waals surface area contributed by atoms with Gasteiger partial charge in [-0.3, -0.25) is 0 Å². The van der Waals surface area contributed by atoms with Gasteiger partial charge in [0, 0.05) is 11.8 Å². The summed E-state index contributed by atoms with van der Waals surface area (Å²) in [4.78, 5) is 14.8. The Morgan fingerprint density at radius 3 is 2.55 bits per heavy atom. The lowest BCUT2D eigenvalue weighted by molar-refractivity contribution is -0.274. The Bertz CT molecular complexity index is 701. The Hall–Kier alpha value is -2.64. The molecule has 8 heteroatoms. The van der Waals surface area contributed by atoms with Gasteiger partial charge in [-0.05, 0) is 23.8 Å². The summed E-state index contributed by atoms with van der Waals surface area (Å²) in [6.45, 7) is 0. The summed E-state index contributed by atoms with van der Waals surface area (Å²) in [5.74, 6) is -2.40. The molecule has 0 radical (unpaired) electrons. The van der Waals surface area contributed by atoms with Gasteiger partial charge in [-0.2, -0.15) is 4.39 Å². The summed E-state index contributed by atoms with van der Waals surface area (Å²) in [5, 5.41) is 0. The molecular formula is C14H9F4NO3. The molecule has 0 saturated carbocycles. The molecule has 0 saturated heterocycles. The minimum Gasteiger partial charge on any atom is -0.465 e. The van der Waals surface area contributed by atoms with Crippen LogP contribution < -0.4 is 4.74 Å². The van der Waals surface area contributed by atoms with Crippen LogP contribution >= 0.6 is 0 Å². The normalized spacial score (nSPS) is 11.1. The number of carbonyl (C=O) groups excluding carboxylic acids is 1. The van der Waals surface area contributed by atoms with Crippen LogP contribution in [-0.2, 0) is 4.74 Å². The fourth-order valence-electron chi connectivity index (χ4n) is 1.73. The summed E-state index contributed by atoms with van der Waals surface area (Å²) < 4.78 is 58.2. The van der Waals surface area contributed by atoms with Gasteiger partial charge in [0.05, 0.1) is 7.11 Å². The molecule has 0 bridgehead atoms. The van der Waals surface area contributed by atoms with E-state index in [4.69, 9.17) is 0 Å². The zero-order valence-corrected chi connectivity index (χ0v) is 11.1. The third-order valence-corrected chi connectivity index (χ3v) is 2.65. The summed E-state index contributed by atoms with van der Waals surface area (Å²) in [5.41, 5.74) is 0.107. The first kappa shape index (κ1) is 15.7. The van der Waals surface area contributed by atoms with Crippen molar-refractivity contribution in [1.82, 2.24) is 4.98 Å². The van der Waals surface area contributed by atoms with Crippen molar-refractivity contribution in [2.75, 3.05) is 7.11 Å². The number of pyridine rings is 1. The maximum Gasteiger partial charge on any atom is 0.573 e. The fourth-order valence-corrected chi connectivity index (χ4v) is 1.73. The molecule has 0 amide bonds. The van der Waals surface area contributed by atoms with Gasteiger partial charge >= 0.3 is 12.3 Å². The SMILES string of the molecule is COC(=O)c1cc(-c2cccc(OC(F)(F)F)c2)cnc1F. The molecule has 22 heavy (non-hydrogen) atoms. The number of nitrogens with zero attached hydrogens (tertiary/aromatic N) is 1. The number of methoxy groups -OCH3 is 1. The zero-order valence-electron chi connectivity index (χ0n) is 11.1. The van der Waals surface area contributed by atoms with Crippen LogP contribution in [0.4, 0.5) is 17.6 Å². The highest BCUT2D eigenvalue weighted by Crippen LogP contribution is 2.28. The Balaban J connectivity index is 2.40. The van der Waals surface area contributed by atoms with Crippen molar-refractivity contribution in [2.45, 2.75) is 6.36 Å². The number of ether oxygens (including phenoxy) is 2. The Morgan fingerprint density at radius 1 is 1.18 bits per heavy atom. The van der Waals surface area contributed by atoms with Gasteiger partial charge in [-0.25, -0.2) is 9.78 Å². The number of benzene rings is 1. The smallest absolute Gasteiger partial charge is 0.465 e. The van der Waals surface area contributed by atoms with E-state index in [1.165, 1.54) is 12.1 Å². The zero-order chi connectivity index (χ0) is 16.3. The molecule has 1 aromatic heterocycles. The van der Waals surface area contributed by atoms with Crippen LogP contribution in [0.15, 0.2) is 36.5 Å². The monoisotopic (exact) mass is 315 g/mol. The van der Waals surface area contributed by atoms with Crippen LogP contribution in [0.3, 0.4) is 0 Å². The standard InChI is InChI=1S/C14H9F4NO3/c1-21-13(20)11-6-9(7-19-12(11)15)8-3-2-4-10(5-8)22-14(16,17)18/h2-7H,1H3. The summed E-state index contributed by atoms with van der Waals surface area (Å²) >= 11 is 0. The van der Waals surface area contributed by atoms with Crippen molar-refractivity contribution in [3.05, 3.63) is 48.0 Å². The van der Waals surface area contributed by atoms with Crippen LogP contribution in [0.2, 0.25) is 0 Å². The largest absolute Gasteiger partial charge is 0.573 e. The molecule has 0 fully saturated rings. The molecule has 0 spiro atoms. The van der Waals surface area contributed by atoms with Gasteiger partial charge in [0.15, 0.2) is 0 Å². The van der Waals surface area contributed by atoms with Crippen molar-refractivity contribution < 1.29 is 31.8 Å². The maximum atomic E-state index is 13.4. The van der Waals surface area contributed by atoms with E-state index in [0.29, 0.717) is 0 Å². The topological polar surface area (TPSA) is 48.4 Å². The number of halogens is 4. The molecule has 1 aromatic carbocycles. The molecule has 2 rings (SSSR count). The minimum absolute atomic E-state index is 0.245. The van der Waals surface area contributed by atoms with E-state index in [1.807, 2.05) is 0 Å². The predicted molar refractivity (Wildman–Crippen MR) is 67.7 cm³/mol. The van der Waals surface area contributed by atoms with E-state index < -0.39 is 29.6 Å². The lowest BCUT2D eigenvalue weighted by atomic mass is 10.1. The highest BCUT2D eigenvalue weighted by Gasteiger charge is 2.31. The van der Waals surface area contributed by atoms with Gasteiger partial charge in [0.2, 0.25) is 5.95 Å². The van der Waals surface area contributed by atoms with Crippen LogP contribution in [-0.4, -0.2) is 24.4 Å². The van der Waals surface area contributed by atoms with Gasteiger partial charge in [0.25, 0.3) is 0 Å². The number of hydrogen-bond acceptors (Lipinski definition) is 4. The maximum absolute atomic E-state index is 13.4. The Labute approximate surface area is 122 Å². The van der Waals surface area contributed by atoms with Crippen molar-refractivity contribution in [1.29, 1.82) is 0 Å². The molecule has 0 aliphatic carbocycles. The third-order valence-electron chi connectivity index (χ3n) is 2.65. The minimum atomic E-state index is -4.82. The first-order valence-electron chi connectivity index (χ1n) is 5.90. The molecule has 116 valence electrons. The average Bonchev–Trinajstić information content (AvgIpc) is 2.45. The molecular weight excluding hydrogens is 306 g/mol. The predicted octanol–water partition coefficient (Wildman–Crippen LogP) is 3.57. The molecule has 0 N–H and O–H groups in total. The quantitative estimate of drug-likeness (QED) is 0.493. The fraction of sp³-hybridized carbons (Fsp3) is 0.143. The van der Waals surface area contributed by atoms with Gasteiger partial charge in [-0.1, -0.05) is 12.1 Å². The summed E-state index contributed by atoms with van der Waals surface area (Å²) in [6.07, 6.45) is -3.73. The molecule has 0 atom stereocenters. The van der Waals surface area contributed by atoms with E-state index in [2.05, 4.69) is 14.5 Å². The molecule has 1 heterocycles. The Morgan fingerprint density at radius 2 is 1.91 bits per heavy atom. The van der Waals surface area contributed by atoms with Crippen molar-refractivity contribution in [2.24, 2.45) is 0 Å². The molecule has 2 aromatic rings. The second-order valence-electron chi connectivity index (χ2n) is 4.13. The van der Waals surface area contributed by atoms with Crippen molar-refractivity contribution >= 4 is 5.97 Å². The number of carbonyl (C=O) groups is 1. The van der Waals surface area contributed by atoms with Gasteiger partial charge < -0.3 is 9.47 Å². The highest BCUT2D eigenvalue weighted by molar-refractivity contribution is 5.90. The summed E-state index contributed by atoms with van der Waals surface area (Å²) in [7, 11) is 1.08. The molecule has 0 aliphatic rings. The number of hydrogen-bond donors (Lipinski definition) is 0. The van der Waals surface area contributed by atoms with E-state index in [9.17, 15) is 22.4 Å². The van der Waals surface area contributed by atoms with Crippen LogP contribution in [0.5, 0.6) is 5.75 Å². The van der Waals surface area contributed by atoms with Crippen LogP contribution in [0.1, 0.15) is 10.4 Å². The van der Waals surface area contributed by atoms with Gasteiger partial charge in [0.1, 0.15) is 11.3 Å². The van der Waals surface area contributed by atoms with Gasteiger partial charge in [-0.15, -0.1) is 13.2 Å². The second-order valence-corrected chi connectivity index (χ2v) is 4.13. The van der Waals surface area contributed by atoms with Crippen LogP contribution in [0, 0.1) is 5.95 Å². The first-order chi connectivity index (χ1) is 10.3. The van der Waals surface area contributed by atoms with Crippen molar-refractivity contribution in [3.8, 4) is 16.9 Å². The molecule has 0 unspecified atom stereocenters. The average molecular weight is 315 g/mol. The van der Waals surface area contributed by atoms with Crippen LogP contribution in [0.25, 0.3) is 11.1 Å². The van der Waals surface area contributed by atoms with E-state index in [0.717, 1.165) is 31.5 Å². The number of alkyl halides is 3. The molecule has 4 nitrogen and oxygen atoms in total. The number of aromatic nitrogens is 1. The lowest BCUT2D eigenvalue weighted by Crippen LogP contribution is -2.17. The Kier molecular flexibility index (Phi) is 4.30.